The van der Waals surface area contributed by atoms with Gasteiger partial charge in [0.1, 0.15) is 0 Å². The van der Waals surface area contributed by atoms with Crippen LogP contribution in [0.2, 0.25) is 0 Å². The van der Waals surface area contributed by atoms with E-state index in [-0.39, 0.29) is 163 Å². The van der Waals surface area contributed by atoms with Crippen LogP contribution in [0.3, 0.4) is 0 Å². The van der Waals surface area contributed by atoms with Crippen LogP contribution >= 0.6 is 24.0 Å². The molecule has 0 saturated heterocycles. The molecule has 0 bridgehead atoms. The van der Waals surface area contributed by atoms with Crippen molar-refractivity contribution in [1.82, 2.24) is 0 Å². The largest absolute Gasteiger partial charge is 1.00 e. The van der Waals surface area contributed by atoms with Gasteiger partial charge in [0.05, 0.1) is 20.3 Å². The van der Waals surface area contributed by atoms with E-state index in [2.05, 4.69) is 35.6 Å². The zero-order valence-electron chi connectivity index (χ0n) is 15.8. The van der Waals surface area contributed by atoms with Crippen molar-refractivity contribution in [2.24, 2.45) is 0 Å². The fraction of sp³-hybridized carbons (Fsp3) is 0.625. The first kappa shape index (κ1) is 56.3. The van der Waals surface area contributed by atoms with Crippen molar-refractivity contribution in [2.75, 3.05) is 20.3 Å². The average Bonchev–Trinajstić information content (AvgIpc) is 2.28. The number of hydrogen-bond donors (Lipinski definition) is 0. The second-order valence-electron chi connectivity index (χ2n) is 1.97. The topological polar surface area (TPSA) is 127 Å². The van der Waals surface area contributed by atoms with Crippen molar-refractivity contribution in [3.63, 3.8) is 0 Å². The van der Waals surface area contributed by atoms with E-state index in [9.17, 15) is 14.4 Å². The second-order valence-corrected chi connectivity index (χ2v) is 2.28. The van der Waals surface area contributed by atoms with Crippen LogP contribution in [0, 0.1) is 0 Å². The molecule has 0 unspecified atom stereocenters. The minimum atomic E-state index is -1.08. The van der Waals surface area contributed by atoms with E-state index in [0.717, 1.165) is 0 Å². The van der Waals surface area contributed by atoms with Gasteiger partial charge in [-0.05, 0) is 13.8 Å². The number of ether oxygens (including phenoxy) is 3. The molecule has 0 heterocycles. The van der Waals surface area contributed by atoms with E-state index in [1.54, 1.807) is 13.8 Å². The average molecular weight is 455 g/mol. The Morgan fingerprint density at radius 2 is 1.08 bits per heavy atom. The second kappa shape index (κ2) is 44.9. The molecule has 16 heteroatoms. The Balaban J connectivity index is -0.0000000196. The van der Waals surface area contributed by atoms with Crippen molar-refractivity contribution >= 4 is 41.7 Å². The van der Waals surface area contributed by atoms with Crippen molar-refractivity contribution in [2.45, 2.75) is 13.8 Å². The van der Waals surface area contributed by atoms with Gasteiger partial charge in [-0.15, -0.1) is 12.4 Å². The SMILES string of the molecule is CCOC(=O)OOC(=O)OCC.COC(=O)Cl.Cl.[Cl-].[H-].[Na+].[Na+].[Na+].[Na+].[OH-]. The predicted molar refractivity (Wildman–Crippen MR) is 64.8 cm³/mol. The molecule has 0 aromatic heterocycles. The number of rotatable bonds is 2. The molecule has 1 N–H and O–H groups in total. The fourth-order valence-electron chi connectivity index (χ4n) is 0.352. The van der Waals surface area contributed by atoms with Gasteiger partial charge in [-0.25, -0.2) is 4.79 Å². The first-order chi connectivity index (χ1) is 7.97. The van der Waals surface area contributed by atoms with Gasteiger partial charge in [0.2, 0.25) is 0 Å². The van der Waals surface area contributed by atoms with Gasteiger partial charge in [-0.3, -0.25) is 0 Å². The van der Waals surface area contributed by atoms with Crippen LogP contribution in [-0.2, 0) is 24.0 Å². The third kappa shape index (κ3) is 56.3. The minimum absolute atomic E-state index is 0. The third-order valence-corrected chi connectivity index (χ3v) is 1.02. The van der Waals surface area contributed by atoms with Gasteiger partial charge in [0.15, 0.2) is 0 Å². The van der Waals surface area contributed by atoms with E-state index in [4.69, 9.17) is 0 Å². The van der Waals surface area contributed by atoms with E-state index < -0.39 is 17.7 Å². The normalized spacial score (nSPS) is 5.67. The van der Waals surface area contributed by atoms with Crippen LogP contribution in [0.1, 0.15) is 15.3 Å². The van der Waals surface area contributed by atoms with E-state index in [0.29, 0.717) is 0 Å². The molecule has 0 saturated carbocycles. The molecule has 0 amide bonds. The van der Waals surface area contributed by atoms with Crippen LogP contribution in [0.5, 0.6) is 0 Å². The molecule has 0 atom stereocenters. The van der Waals surface area contributed by atoms with Gasteiger partial charge in [-0.1, -0.05) is 0 Å². The molecular formula is C8H16Cl3Na4O9+. The Morgan fingerprint density at radius 3 is 1.21 bits per heavy atom. The Labute approximate surface area is 248 Å². The number of halogens is 3. The molecule has 0 radical (unpaired) electrons. The van der Waals surface area contributed by atoms with E-state index >= 15 is 0 Å². The van der Waals surface area contributed by atoms with Gasteiger partial charge in [0.25, 0.3) is 0 Å². The Hall–Kier alpha value is 2.84. The monoisotopic (exact) mass is 453 g/mol. The molecule has 0 aliphatic heterocycles. The summed E-state index contributed by atoms with van der Waals surface area (Å²) in [6.45, 7) is 3.47. The van der Waals surface area contributed by atoms with Crippen molar-refractivity contribution in [1.29, 1.82) is 0 Å². The summed E-state index contributed by atoms with van der Waals surface area (Å²) in [5.74, 6) is 0. The molecule has 0 aromatic carbocycles. The van der Waals surface area contributed by atoms with Crippen molar-refractivity contribution in [3.05, 3.63) is 0 Å². The Kier molecular flexibility index (Phi) is 105. The molecule has 9 nitrogen and oxygen atoms in total. The van der Waals surface area contributed by atoms with E-state index in [1.165, 1.54) is 7.11 Å². The van der Waals surface area contributed by atoms with Crippen molar-refractivity contribution in [3.8, 4) is 0 Å². The predicted octanol–water partition coefficient (Wildman–Crippen LogP) is -12.4. The maximum absolute atomic E-state index is 10.4. The van der Waals surface area contributed by atoms with Gasteiger partial charge >= 0.3 is 136 Å². The van der Waals surface area contributed by atoms with Crippen LogP contribution in [0.15, 0.2) is 0 Å². The van der Waals surface area contributed by atoms with Crippen LogP contribution in [-0.4, -0.2) is 43.5 Å². The van der Waals surface area contributed by atoms with Gasteiger partial charge in [0, 0.05) is 11.6 Å². The first-order valence-electron chi connectivity index (χ1n) is 4.39. The van der Waals surface area contributed by atoms with Gasteiger partial charge in [-0.2, -0.15) is 19.4 Å². The molecule has 24 heavy (non-hydrogen) atoms. The fourth-order valence-corrected chi connectivity index (χ4v) is 0.352. The molecular weight excluding hydrogens is 438 g/mol. The van der Waals surface area contributed by atoms with Gasteiger partial charge < -0.3 is 33.5 Å². The molecule has 0 aliphatic rings. The third-order valence-electron chi connectivity index (χ3n) is 0.863. The molecule has 0 spiro atoms. The number of methoxy groups -OCH3 is 1. The number of carbonyl (C=O) groups is 3. The molecule has 0 rings (SSSR count). The summed E-state index contributed by atoms with van der Waals surface area (Å²) in [5, 5.41) is 0. The summed E-state index contributed by atoms with van der Waals surface area (Å²) in [4.78, 5) is 37.8. The summed E-state index contributed by atoms with van der Waals surface area (Å²) >= 11 is 4.60. The van der Waals surface area contributed by atoms with Crippen LogP contribution < -0.4 is 131 Å². The Bertz CT molecular complexity index is 253. The Morgan fingerprint density at radius 1 is 0.875 bits per heavy atom. The van der Waals surface area contributed by atoms with Crippen LogP contribution in [0.25, 0.3) is 0 Å². The molecule has 0 fully saturated rings. The maximum atomic E-state index is 10.4. The summed E-state index contributed by atoms with van der Waals surface area (Å²) in [5.41, 5.74) is -0.773. The number of carbonyl (C=O) groups excluding carboxylic acids is 3. The summed E-state index contributed by atoms with van der Waals surface area (Å²) in [7, 11) is 1.22. The van der Waals surface area contributed by atoms with Crippen LogP contribution in [0.4, 0.5) is 14.4 Å². The molecule has 126 valence electrons. The zero-order chi connectivity index (χ0) is 13.7. The summed E-state index contributed by atoms with van der Waals surface area (Å²) in [6.07, 6.45) is -2.16. The molecule has 0 aromatic rings. The molecule has 0 aliphatic carbocycles. The summed E-state index contributed by atoms with van der Waals surface area (Å²) < 4.78 is 12.4. The van der Waals surface area contributed by atoms with E-state index in [1.807, 2.05) is 0 Å². The first-order valence-corrected chi connectivity index (χ1v) is 4.77. The van der Waals surface area contributed by atoms with Crippen molar-refractivity contribution < 1.29 is 176 Å². The standard InChI is InChI=1S/C6H10O6.C2H3ClO2.2ClH.4Na.H2O.H/c1-3-9-5(7)11-12-6(8)10-4-2;1-5-2(3)4;;;;;;;;/h3-4H2,1-2H3;1H3;2*1H;;;;;1H2;/q;;;;4*+1;;-1/p-2. The smallest absolute Gasteiger partial charge is 1.00 e. The number of hydrogen-bond acceptors (Lipinski definition) is 9. The maximum Gasteiger partial charge on any atom is 1.00 e. The summed E-state index contributed by atoms with van der Waals surface area (Å²) in [6, 6.07) is 0. The quantitative estimate of drug-likeness (QED) is 0.0998. The zero-order valence-corrected chi connectivity index (χ0v) is 25.1. The minimum Gasteiger partial charge on any atom is -1.00 e.